The molecule has 0 spiro atoms. The Balaban J connectivity index is 3.61. The smallest absolute Gasteiger partial charge is 0.0697 e. The molecule has 0 aliphatic rings. The van der Waals surface area contributed by atoms with Gasteiger partial charge in [0.1, 0.15) is 0 Å². The van der Waals surface area contributed by atoms with E-state index in [0.29, 0.717) is 0 Å². The third-order valence-corrected chi connectivity index (χ3v) is 1.56. The fraction of sp³-hybridized carbons (Fsp3) is 0.750. The van der Waals surface area contributed by atoms with Gasteiger partial charge in [-0.2, -0.15) is 0 Å². The van der Waals surface area contributed by atoms with Crippen molar-refractivity contribution in [2.75, 3.05) is 7.11 Å². The summed E-state index contributed by atoms with van der Waals surface area (Å²) in [5.41, 5.74) is 6.85. The first kappa shape index (κ1) is 9.66. The van der Waals surface area contributed by atoms with Gasteiger partial charge >= 0.3 is 0 Å². The molecule has 0 aromatic carbocycles. The van der Waals surface area contributed by atoms with Crippen LogP contribution in [0.25, 0.3) is 0 Å². The van der Waals surface area contributed by atoms with Gasteiger partial charge in [0.25, 0.3) is 0 Å². The summed E-state index contributed by atoms with van der Waals surface area (Å²) < 4.78 is 5.05. The van der Waals surface area contributed by atoms with Gasteiger partial charge in [-0.3, -0.25) is 0 Å². The number of hydrogen-bond donors (Lipinski definition) is 1. The highest BCUT2D eigenvalue weighted by Gasteiger charge is 2.10. The second-order valence-electron chi connectivity index (χ2n) is 2.77. The number of methoxy groups -OCH3 is 1. The average molecular weight is 143 g/mol. The predicted octanol–water partition coefficient (Wildman–Crippen LogP) is 1.31. The lowest BCUT2D eigenvalue weighted by Crippen LogP contribution is -2.33. The van der Waals surface area contributed by atoms with Crippen LogP contribution in [0.4, 0.5) is 0 Å². The van der Waals surface area contributed by atoms with E-state index in [1.165, 1.54) is 0 Å². The van der Waals surface area contributed by atoms with Crippen LogP contribution in [0.1, 0.15) is 20.3 Å². The Morgan fingerprint density at radius 2 is 2.20 bits per heavy atom. The van der Waals surface area contributed by atoms with E-state index in [0.717, 1.165) is 12.0 Å². The van der Waals surface area contributed by atoms with Gasteiger partial charge in [-0.15, -0.1) is 6.58 Å². The molecular weight excluding hydrogens is 126 g/mol. The molecule has 2 unspecified atom stereocenters. The average Bonchev–Trinajstić information content (AvgIpc) is 1.85. The van der Waals surface area contributed by atoms with Gasteiger partial charge < -0.3 is 10.5 Å². The van der Waals surface area contributed by atoms with Crippen LogP contribution in [0, 0.1) is 0 Å². The lowest BCUT2D eigenvalue weighted by atomic mass is 10.1. The fourth-order valence-corrected chi connectivity index (χ4v) is 0.743. The molecule has 2 nitrogen and oxygen atoms in total. The van der Waals surface area contributed by atoms with Crippen LogP contribution in [-0.4, -0.2) is 19.3 Å². The lowest BCUT2D eigenvalue weighted by molar-refractivity contribution is 0.0956. The zero-order chi connectivity index (χ0) is 8.15. The van der Waals surface area contributed by atoms with Crippen LogP contribution in [0.15, 0.2) is 12.2 Å². The number of nitrogens with two attached hydrogens (primary N) is 1. The molecular formula is C8H17NO. The maximum atomic E-state index is 5.74. The van der Waals surface area contributed by atoms with Crippen molar-refractivity contribution in [1.29, 1.82) is 0 Å². The molecule has 0 radical (unpaired) electrons. The Morgan fingerprint density at radius 1 is 1.70 bits per heavy atom. The highest BCUT2D eigenvalue weighted by molar-refractivity contribution is 4.93. The van der Waals surface area contributed by atoms with Crippen molar-refractivity contribution in [3.05, 3.63) is 12.2 Å². The molecule has 0 saturated carbocycles. The van der Waals surface area contributed by atoms with E-state index >= 15 is 0 Å². The van der Waals surface area contributed by atoms with E-state index in [-0.39, 0.29) is 12.1 Å². The second-order valence-corrected chi connectivity index (χ2v) is 2.77. The maximum absolute atomic E-state index is 5.74. The molecule has 10 heavy (non-hydrogen) atoms. The molecule has 0 fully saturated rings. The summed E-state index contributed by atoms with van der Waals surface area (Å²) in [6.45, 7) is 7.72. The Kier molecular flexibility index (Phi) is 4.32. The van der Waals surface area contributed by atoms with E-state index in [9.17, 15) is 0 Å². The van der Waals surface area contributed by atoms with Crippen LogP contribution in [0.5, 0.6) is 0 Å². The monoisotopic (exact) mass is 143 g/mol. The summed E-state index contributed by atoms with van der Waals surface area (Å²) in [5, 5.41) is 0. The largest absolute Gasteiger partial charge is 0.380 e. The van der Waals surface area contributed by atoms with Crippen LogP contribution in [0.2, 0.25) is 0 Å². The van der Waals surface area contributed by atoms with Crippen LogP contribution in [-0.2, 0) is 4.74 Å². The van der Waals surface area contributed by atoms with Gasteiger partial charge in [-0.25, -0.2) is 0 Å². The van der Waals surface area contributed by atoms with E-state index in [2.05, 4.69) is 6.58 Å². The number of rotatable bonds is 4. The summed E-state index contributed by atoms with van der Waals surface area (Å²) in [4.78, 5) is 0. The molecule has 0 aliphatic carbocycles. The summed E-state index contributed by atoms with van der Waals surface area (Å²) in [7, 11) is 1.67. The zero-order valence-electron chi connectivity index (χ0n) is 7.05. The van der Waals surface area contributed by atoms with E-state index in [4.69, 9.17) is 10.5 Å². The molecule has 0 saturated heterocycles. The number of hydrogen-bond acceptors (Lipinski definition) is 2. The first-order valence-corrected chi connectivity index (χ1v) is 3.50. The van der Waals surface area contributed by atoms with Crippen molar-refractivity contribution in [3.63, 3.8) is 0 Å². The van der Waals surface area contributed by atoms with E-state index < -0.39 is 0 Å². The highest BCUT2D eigenvalue weighted by Crippen LogP contribution is 2.04. The van der Waals surface area contributed by atoms with E-state index in [1.54, 1.807) is 7.11 Å². The molecule has 2 heteroatoms. The minimum absolute atomic E-state index is 0.0856. The van der Waals surface area contributed by atoms with Gasteiger partial charge in [0, 0.05) is 13.2 Å². The molecule has 2 N–H and O–H groups in total. The normalized spacial score (nSPS) is 16.4. The van der Waals surface area contributed by atoms with Crippen molar-refractivity contribution < 1.29 is 4.74 Å². The molecule has 0 aromatic heterocycles. The summed E-state index contributed by atoms with van der Waals surface area (Å²) in [6.07, 6.45) is 0.964. The van der Waals surface area contributed by atoms with Gasteiger partial charge in [-0.1, -0.05) is 5.57 Å². The Labute approximate surface area is 63.1 Å². The lowest BCUT2D eigenvalue weighted by Gasteiger charge is -2.17. The molecule has 0 aliphatic heterocycles. The third-order valence-electron chi connectivity index (χ3n) is 1.56. The summed E-state index contributed by atoms with van der Waals surface area (Å²) >= 11 is 0. The summed E-state index contributed by atoms with van der Waals surface area (Å²) in [5.74, 6) is 0. The van der Waals surface area contributed by atoms with Crippen LogP contribution >= 0.6 is 0 Å². The minimum atomic E-state index is 0.0856. The first-order chi connectivity index (χ1) is 4.57. The van der Waals surface area contributed by atoms with Gasteiger partial charge in [0.15, 0.2) is 0 Å². The molecule has 0 heterocycles. The van der Waals surface area contributed by atoms with Gasteiger partial charge in [0.05, 0.1) is 6.10 Å². The highest BCUT2D eigenvalue weighted by atomic mass is 16.5. The first-order valence-electron chi connectivity index (χ1n) is 3.50. The standard InChI is InChI=1S/C8H17NO/c1-6(2)5-8(9)7(3)10-4/h7-8H,1,5,9H2,2-4H3. The third kappa shape index (κ3) is 3.64. The molecule has 0 amide bonds. The van der Waals surface area contributed by atoms with Crippen molar-refractivity contribution in [3.8, 4) is 0 Å². The van der Waals surface area contributed by atoms with E-state index in [1.807, 2.05) is 13.8 Å². The fourth-order valence-electron chi connectivity index (χ4n) is 0.743. The zero-order valence-corrected chi connectivity index (χ0v) is 7.05. The Bertz CT molecular complexity index is 112. The molecule has 2 atom stereocenters. The van der Waals surface area contributed by atoms with Crippen molar-refractivity contribution in [1.82, 2.24) is 0 Å². The second kappa shape index (κ2) is 4.47. The van der Waals surface area contributed by atoms with Crippen molar-refractivity contribution in [2.24, 2.45) is 5.73 Å². The maximum Gasteiger partial charge on any atom is 0.0697 e. The van der Waals surface area contributed by atoms with Crippen LogP contribution < -0.4 is 5.73 Å². The predicted molar refractivity (Wildman–Crippen MR) is 43.9 cm³/mol. The molecule has 0 aromatic rings. The molecule has 60 valence electrons. The molecule has 0 rings (SSSR count). The Morgan fingerprint density at radius 3 is 2.50 bits per heavy atom. The van der Waals surface area contributed by atoms with Gasteiger partial charge in [0.2, 0.25) is 0 Å². The quantitative estimate of drug-likeness (QED) is 0.602. The van der Waals surface area contributed by atoms with Crippen molar-refractivity contribution in [2.45, 2.75) is 32.4 Å². The van der Waals surface area contributed by atoms with Gasteiger partial charge in [-0.05, 0) is 20.3 Å². The SMILES string of the molecule is C=C(C)CC(N)C(C)OC. The minimum Gasteiger partial charge on any atom is -0.380 e. The topological polar surface area (TPSA) is 35.2 Å². The Hall–Kier alpha value is -0.340. The summed E-state index contributed by atoms with van der Waals surface area (Å²) in [6, 6.07) is 0.0856. The number of ether oxygens (including phenoxy) is 1. The van der Waals surface area contributed by atoms with Crippen LogP contribution in [0.3, 0.4) is 0 Å². The van der Waals surface area contributed by atoms with Crippen molar-refractivity contribution >= 4 is 0 Å². The molecule has 0 bridgehead atoms.